The first kappa shape index (κ1) is 17.8. The number of hydrogen-bond donors (Lipinski definition) is 2. The first-order valence-corrected chi connectivity index (χ1v) is 7.94. The van der Waals surface area contributed by atoms with E-state index >= 15 is 0 Å². The molecule has 2 rings (SSSR count). The van der Waals surface area contributed by atoms with Crippen molar-refractivity contribution in [2.45, 2.75) is 13.8 Å². The minimum absolute atomic E-state index is 0.773. The van der Waals surface area contributed by atoms with Crippen molar-refractivity contribution < 1.29 is 13.2 Å². The van der Waals surface area contributed by atoms with E-state index in [4.69, 9.17) is 4.74 Å². The molecule has 0 aliphatic carbocycles. The summed E-state index contributed by atoms with van der Waals surface area (Å²) in [5, 5.41) is 0. The Hall–Kier alpha value is -2.27. The maximum atomic E-state index is 10.3. The number of nitrogens with one attached hydrogen (secondary N) is 1. The minimum Gasteiger partial charge on any atom is -0.497 e. The zero-order chi connectivity index (χ0) is 16.4. The van der Waals surface area contributed by atoms with Crippen molar-refractivity contribution in [3.63, 3.8) is 0 Å². The van der Waals surface area contributed by atoms with Crippen LogP contribution in [0.4, 0.5) is 0 Å². The number of rotatable bonds is 4. The van der Waals surface area contributed by atoms with Crippen LogP contribution in [0.25, 0.3) is 5.57 Å². The van der Waals surface area contributed by atoms with Crippen molar-refractivity contribution >= 4 is 16.5 Å². The largest absolute Gasteiger partial charge is 0.497 e. The lowest BCUT2D eigenvalue weighted by Gasteiger charge is -2.03. The molecule has 5 heteroatoms. The van der Waals surface area contributed by atoms with E-state index in [0.717, 1.165) is 16.9 Å². The van der Waals surface area contributed by atoms with E-state index in [1.165, 1.54) is 11.8 Å². The van der Waals surface area contributed by atoms with Gasteiger partial charge >= 0.3 is 0 Å². The second-order valence-electron chi connectivity index (χ2n) is 4.60. The monoisotopic (exact) mass is 319 g/mol. The highest BCUT2D eigenvalue weighted by Gasteiger charge is 1.96. The third-order valence-electron chi connectivity index (χ3n) is 2.87. The average molecular weight is 319 g/mol. The van der Waals surface area contributed by atoms with Crippen LogP contribution in [0.1, 0.15) is 18.1 Å². The van der Waals surface area contributed by atoms with E-state index in [-0.39, 0.29) is 0 Å². The van der Waals surface area contributed by atoms with E-state index < -0.39 is 10.9 Å². The number of allylic oxidation sites excluding steroid dienone is 1. The molecule has 4 nitrogen and oxygen atoms in total. The van der Waals surface area contributed by atoms with E-state index in [2.05, 4.69) is 23.8 Å². The first-order valence-electron chi connectivity index (χ1n) is 6.76. The van der Waals surface area contributed by atoms with E-state index in [1.807, 2.05) is 49.4 Å². The summed E-state index contributed by atoms with van der Waals surface area (Å²) >= 11 is 0. The highest BCUT2D eigenvalue weighted by molar-refractivity contribution is 7.70. The van der Waals surface area contributed by atoms with Gasteiger partial charge < -0.3 is 4.74 Å². The lowest BCUT2D eigenvalue weighted by atomic mass is 10.1. The number of ether oxygens (including phenoxy) is 1. The van der Waals surface area contributed by atoms with Crippen LogP contribution < -0.4 is 9.46 Å². The summed E-state index contributed by atoms with van der Waals surface area (Å²) in [4.78, 5) is 0. The Labute approximate surface area is 133 Å². The smallest absolute Gasteiger partial charge is 0.222 e. The van der Waals surface area contributed by atoms with E-state index in [0.29, 0.717) is 0 Å². The quantitative estimate of drug-likeness (QED) is 0.851. The molecule has 0 aliphatic rings. The number of benzene rings is 2. The third kappa shape index (κ3) is 6.95. The molecule has 0 aromatic heterocycles. The maximum absolute atomic E-state index is 10.3. The number of methoxy groups -OCH3 is 1. The fraction of sp³-hybridized carbons (Fsp3) is 0.176. The lowest BCUT2D eigenvalue weighted by molar-refractivity contribution is 0.415. The van der Waals surface area contributed by atoms with Crippen molar-refractivity contribution in [1.82, 2.24) is 4.72 Å². The molecule has 22 heavy (non-hydrogen) atoms. The second-order valence-corrected chi connectivity index (χ2v) is 5.37. The Bertz CT molecular complexity index is 654. The Morgan fingerprint density at radius 2 is 1.64 bits per heavy atom. The topological polar surface area (TPSA) is 55.4 Å². The fourth-order valence-electron chi connectivity index (χ4n) is 1.62. The Morgan fingerprint density at radius 3 is 2.05 bits per heavy atom. The van der Waals surface area contributed by atoms with Crippen LogP contribution in [0.5, 0.6) is 5.75 Å². The Morgan fingerprint density at radius 1 is 1.05 bits per heavy atom. The van der Waals surface area contributed by atoms with E-state index in [1.54, 1.807) is 7.11 Å². The summed E-state index contributed by atoms with van der Waals surface area (Å²) in [5.41, 5.74) is 3.11. The van der Waals surface area contributed by atoms with Gasteiger partial charge in [-0.1, -0.05) is 48.0 Å². The van der Waals surface area contributed by atoms with Gasteiger partial charge in [0.1, 0.15) is 5.75 Å². The van der Waals surface area contributed by atoms with Crippen LogP contribution in [-0.4, -0.2) is 15.5 Å². The van der Waals surface area contributed by atoms with Crippen LogP contribution in [0.3, 0.4) is 0 Å². The molecule has 2 aromatic carbocycles. The summed E-state index contributed by atoms with van der Waals surface area (Å²) in [5.74, 6) is 0.773. The molecule has 0 heterocycles. The first-order chi connectivity index (χ1) is 10.5. The van der Waals surface area contributed by atoms with Gasteiger partial charge in [0.2, 0.25) is 10.9 Å². The zero-order valence-corrected chi connectivity index (χ0v) is 13.8. The normalized spacial score (nSPS) is 10.6. The van der Waals surface area contributed by atoms with Crippen molar-refractivity contribution in [2.24, 2.45) is 0 Å². The molecule has 0 saturated carbocycles. The van der Waals surface area contributed by atoms with Crippen LogP contribution in [-0.2, 0) is 10.9 Å². The molecule has 0 amide bonds. The van der Waals surface area contributed by atoms with Gasteiger partial charge in [-0.2, -0.15) is 0 Å². The van der Waals surface area contributed by atoms with Gasteiger partial charge in [0, 0.05) is 6.20 Å². The number of hydrogen-bond acceptors (Lipinski definition) is 3. The van der Waals surface area contributed by atoms with Crippen LogP contribution in [0.2, 0.25) is 0 Å². The van der Waals surface area contributed by atoms with Gasteiger partial charge in [-0.15, -0.1) is 0 Å². The lowest BCUT2D eigenvalue weighted by Crippen LogP contribution is -2.01. The number of thiol groups is 1. The molecule has 0 saturated heterocycles. The molecule has 0 spiro atoms. The molecule has 0 bridgehead atoms. The van der Waals surface area contributed by atoms with Crippen molar-refractivity contribution in [3.8, 4) is 5.75 Å². The zero-order valence-electron chi connectivity index (χ0n) is 12.9. The van der Waals surface area contributed by atoms with Crippen LogP contribution in [0.15, 0.2) is 60.8 Å². The molecule has 0 atom stereocenters. The summed E-state index contributed by atoms with van der Waals surface area (Å²) < 4.78 is 27.8. The molecular formula is C17H21NO3S. The van der Waals surface area contributed by atoms with Crippen LogP contribution in [0, 0.1) is 6.92 Å². The fourth-order valence-corrected chi connectivity index (χ4v) is 1.92. The Balaban J connectivity index is 0.000000287. The van der Waals surface area contributed by atoms with Crippen molar-refractivity contribution in [3.05, 3.63) is 71.9 Å². The molecular weight excluding hydrogens is 298 g/mol. The summed E-state index contributed by atoms with van der Waals surface area (Å²) in [6.45, 7) is 3.91. The third-order valence-corrected chi connectivity index (χ3v) is 3.21. The molecule has 0 radical (unpaired) electrons. The summed E-state index contributed by atoms with van der Waals surface area (Å²) in [6.07, 6.45) is 1.45. The predicted octanol–water partition coefficient (Wildman–Crippen LogP) is 3.17. The Kier molecular flexibility index (Phi) is 7.78. The van der Waals surface area contributed by atoms with Crippen LogP contribution >= 0.6 is 0 Å². The maximum Gasteiger partial charge on any atom is 0.222 e. The molecule has 0 unspecified atom stereocenters. The predicted molar refractivity (Wildman–Crippen MR) is 91.3 cm³/mol. The summed E-state index contributed by atoms with van der Waals surface area (Å²) in [6, 6.07) is 17.6. The van der Waals surface area contributed by atoms with Gasteiger partial charge in [-0.3, -0.25) is 4.72 Å². The molecule has 1 N–H and O–H groups in total. The number of aryl methyl sites for hydroxylation is 1. The van der Waals surface area contributed by atoms with Gasteiger partial charge in [-0.25, -0.2) is 8.42 Å². The average Bonchev–Trinajstić information content (AvgIpc) is 2.54. The molecule has 0 fully saturated rings. The summed E-state index contributed by atoms with van der Waals surface area (Å²) in [7, 11) is -0.985. The SMILES string of the molecule is COc1ccc(C(C)=CN[SH](=O)=O)cc1.Cc1ccccc1. The van der Waals surface area contributed by atoms with Gasteiger partial charge in [0.25, 0.3) is 0 Å². The van der Waals surface area contributed by atoms with Gasteiger partial charge in [0.05, 0.1) is 7.11 Å². The van der Waals surface area contributed by atoms with E-state index in [9.17, 15) is 8.42 Å². The standard InChI is InChI=1S/C10H13NO3S.C7H8/c1-8(7-11-15(12)13)9-3-5-10(14-2)6-4-9;1-7-5-3-2-4-6-7/h3-7,15H,1-2H3,(H,11,12,13);2-6H,1H3. The second kappa shape index (κ2) is 9.63. The van der Waals surface area contributed by atoms with Crippen molar-refractivity contribution in [2.75, 3.05) is 7.11 Å². The molecule has 0 aliphatic heterocycles. The highest BCUT2D eigenvalue weighted by Crippen LogP contribution is 2.17. The molecule has 118 valence electrons. The minimum atomic E-state index is -2.58. The highest BCUT2D eigenvalue weighted by atomic mass is 32.2. The van der Waals surface area contributed by atoms with Gasteiger partial charge in [0.15, 0.2) is 0 Å². The van der Waals surface area contributed by atoms with Crippen molar-refractivity contribution in [1.29, 1.82) is 0 Å². The molecule has 2 aromatic rings. The van der Waals surface area contributed by atoms with Gasteiger partial charge in [-0.05, 0) is 37.1 Å².